The highest BCUT2D eigenvalue weighted by Gasteiger charge is 2.19. The average Bonchev–Trinajstić information content (AvgIpc) is 2.13. The van der Waals surface area contributed by atoms with Crippen molar-refractivity contribution in [1.82, 2.24) is 10.2 Å². The second-order valence-electron chi connectivity index (χ2n) is 2.89. The Morgan fingerprint density at radius 1 is 1.50 bits per heavy atom. The Balaban J connectivity index is 4.08. The van der Waals surface area contributed by atoms with Crippen molar-refractivity contribution in [1.29, 1.82) is 0 Å². The number of carboxylic acid groups (broad SMARTS) is 1. The molecule has 0 aliphatic heterocycles. The zero-order valence-corrected chi connectivity index (χ0v) is 8.36. The molecule has 3 N–H and O–H groups in total. The first-order valence-electron chi connectivity index (χ1n) is 4.38. The SMILES string of the molecule is CCC(NC(=O)N(C)CCO)C(=O)O. The van der Waals surface area contributed by atoms with Crippen molar-refractivity contribution in [3.63, 3.8) is 0 Å². The van der Waals surface area contributed by atoms with E-state index in [1.807, 2.05) is 0 Å². The number of hydrogen-bond donors (Lipinski definition) is 3. The molecule has 6 heteroatoms. The Kier molecular flexibility index (Phi) is 5.62. The summed E-state index contributed by atoms with van der Waals surface area (Å²) in [5, 5.41) is 19.5. The van der Waals surface area contributed by atoms with Crippen molar-refractivity contribution in [2.75, 3.05) is 20.2 Å². The van der Waals surface area contributed by atoms with E-state index in [2.05, 4.69) is 5.32 Å². The molecule has 14 heavy (non-hydrogen) atoms. The molecule has 0 spiro atoms. The zero-order valence-electron chi connectivity index (χ0n) is 8.36. The van der Waals surface area contributed by atoms with Gasteiger partial charge in [-0.2, -0.15) is 0 Å². The van der Waals surface area contributed by atoms with Crippen LogP contribution in [-0.2, 0) is 4.79 Å². The van der Waals surface area contributed by atoms with Gasteiger partial charge in [0.1, 0.15) is 6.04 Å². The molecule has 0 rings (SSSR count). The lowest BCUT2D eigenvalue weighted by Gasteiger charge is -2.19. The smallest absolute Gasteiger partial charge is 0.326 e. The third-order valence-electron chi connectivity index (χ3n) is 1.79. The number of urea groups is 1. The predicted octanol–water partition coefficient (Wildman–Crippen LogP) is -0.517. The number of aliphatic carboxylic acids is 1. The number of carbonyl (C=O) groups excluding carboxylic acids is 1. The van der Waals surface area contributed by atoms with Crippen molar-refractivity contribution in [2.45, 2.75) is 19.4 Å². The van der Waals surface area contributed by atoms with Gasteiger partial charge in [0.15, 0.2) is 0 Å². The van der Waals surface area contributed by atoms with E-state index < -0.39 is 18.0 Å². The number of carbonyl (C=O) groups is 2. The van der Waals surface area contributed by atoms with Crippen LogP contribution in [0.2, 0.25) is 0 Å². The maximum atomic E-state index is 11.2. The molecule has 0 aromatic heterocycles. The molecule has 6 nitrogen and oxygen atoms in total. The standard InChI is InChI=1S/C8H16N2O4/c1-3-6(7(12)13)9-8(14)10(2)4-5-11/h6,11H,3-5H2,1-2H3,(H,9,14)(H,12,13). The van der Waals surface area contributed by atoms with Crippen molar-refractivity contribution >= 4 is 12.0 Å². The van der Waals surface area contributed by atoms with E-state index in [4.69, 9.17) is 10.2 Å². The lowest BCUT2D eigenvalue weighted by Crippen LogP contribution is -2.47. The summed E-state index contributed by atoms with van der Waals surface area (Å²) in [6.07, 6.45) is 0.327. The van der Waals surface area contributed by atoms with Crippen LogP contribution >= 0.6 is 0 Å². The summed E-state index contributed by atoms with van der Waals surface area (Å²) in [6.45, 7) is 1.71. The molecule has 2 amide bonds. The summed E-state index contributed by atoms with van der Waals surface area (Å²) in [5.41, 5.74) is 0. The van der Waals surface area contributed by atoms with Crippen LogP contribution in [0.4, 0.5) is 4.79 Å². The molecule has 0 bridgehead atoms. The summed E-state index contributed by atoms with van der Waals surface area (Å²) >= 11 is 0. The summed E-state index contributed by atoms with van der Waals surface area (Å²) in [4.78, 5) is 23.0. The van der Waals surface area contributed by atoms with E-state index in [1.54, 1.807) is 6.92 Å². The quantitative estimate of drug-likeness (QED) is 0.562. The van der Waals surface area contributed by atoms with Gasteiger partial charge in [-0.25, -0.2) is 9.59 Å². The maximum absolute atomic E-state index is 11.2. The summed E-state index contributed by atoms with van der Waals surface area (Å²) in [6, 6.07) is -1.36. The molecule has 0 aliphatic rings. The Hall–Kier alpha value is -1.30. The molecule has 0 aromatic carbocycles. The van der Waals surface area contributed by atoms with Crippen molar-refractivity contribution in [3.05, 3.63) is 0 Å². The van der Waals surface area contributed by atoms with E-state index >= 15 is 0 Å². The Morgan fingerprint density at radius 2 is 2.07 bits per heavy atom. The van der Waals surface area contributed by atoms with Crippen LogP contribution in [0.3, 0.4) is 0 Å². The van der Waals surface area contributed by atoms with Crippen LogP contribution in [0.15, 0.2) is 0 Å². The average molecular weight is 204 g/mol. The van der Waals surface area contributed by atoms with Crippen LogP contribution < -0.4 is 5.32 Å². The molecule has 0 saturated carbocycles. The third kappa shape index (κ3) is 4.08. The molecule has 0 saturated heterocycles. The number of nitrogens with zero attached hydrogens (tertiary/aromatic N) is 1. The van der Waals surface area contributed by atoms with Gasteiger partial charge in [0.2, 0.25) is 0 Å². The van der Waals surface area contributed by atoms with E-state index in [0.29, 0.717) is 6.42 Å². The Bertz CT molecular complexity index is 208. The van der Waals surface area contributed by atoms with Crippen LogP contribution in [0.5, 0.6) is 0 Å². The van der Waals surface area contributed by atoms with Gasteiger partial charge in [-0.3, -0.25) is 0 Å². The van der Waals surface area contributed by atoms with Crippen LogP contribution in [-0.4, -0.2) is 53.4 Å². The first-order chi connectivity index (χ1) is 6.52. The highest BCUT2D eigenvalue weighted by molar-refractivity contribution is 5.82. The van der Waals surface area contributed by atoms with E-state index in [0.717, 1.165) is 0 Å². The zero-order chi connectivity index (χ0) is 11.1. The fourth-order valence-electron chi connectivity index (χ4n) is 0.849. The van der Waals surface area contributed by atoms with E-state index in [-0.39, 0.29) is 13.2 Å². The van der Waals surface area contributed by atoms with Crippen LogP contribution in [0, 0.1) is 0 Å². The molecule has 1 unspecified atom stereocenters. The van der Waals surface area contributed by atoms with Gasteiger partial charge in [0, 0.05) is 13.6 Å². The highest BCUT2D eigenvalue weighted by atomic mass is 16.4. The maximum Gasteiger partial charge on any atom is 0.326 e. The number of hydrogen-bond acceptors (Lipinski definition) is 3. The van der Waals surface area contributed by atoms with Gasteiger partial charge in [0.25, 0.3) is 0 Å². The Labute approximate surface area is 82.5 Å². The van der Waals surface area contributed by atoms with E-state index in [9.17, 15) is 9.59 Å². The van der Waals surface area contributed by atoms with E-state index in [1.165, 1.54) is 11.9 Å². The van der Waals surface area contributed by atoms with Crippen LogP contribution in [0.25, 0.3) is 0 Å². The molecule has 0 aromatic rings. The van der Waals surface area contributed by atoms with Gasteiger partial charge in [0.05, 0.1) is 6.61 Å². The highest BCUT2D eigenvalue weighted by Crippen LogP contribution is 1.93. The molecule has 0 aliphatic carbocycles. The monoisotopic (exact) mass is 204 g/mol. The molecule has 0 fully saturated rings. The summed E-state index contributed by atoms with van der Waals surface area (Å²) in [7, 11) is 1.49. The second kappa shape index (κ2) is 6.20. The minimum Gasteiger partial charge on any atom is -0.480 e. The van der Waals surface area contributed by atoms with Crippen LogP contribution in [0.1, 0.15) is 13.3 Å². The topological polar surface area (TPSA) is 89.9 Å². The second-order valence-corrected chi connectivity index (χ2v) is 2.89. The lowest BCUT2D eigenvalue weighted by molar-refractivity contribution is -0.139. The number of aliphatic hydroxyl groups is 1. The number of amides is 2. The molecule has 0 radical (unpaired) electrons. The molecule has 0 heterocycles. The first kappa shape index (κ1) is 12.7. The summed E-state index contributed by atoms with van der Waals surface area (Å²) < 4.78 is 0. The molecular weight excluding hydrogens is 188 g/mol. The number of carboxylic acids is 1. The largest absolute Gasteiger partial charge is 0.480 e. The van der Waals surface area contributed by atoms with Crippen molar-refractivity contribution < 1.29 is 19.8 Å². The number of aliphatic hydroxyl groups excluding tert-OH is 1. The Morgan fingerprint density at radius 3 is 2.43 bits per heavy atom. The lowest BCUT2D eigenvalue weighted by atomic mass is 10.2. The number of nitrogens with one attached hydrogen (secondary N) is 1. The van der Waals surface area contributed by atoms with Gasteiger partial charge in [-0.1, -0.05) is 6.92 Å². The fraction of sp³-hybridized carbons (Fsp3) is 0.750. The summed E-state index contributed by atoms with van der Waals surface area (Å²) in [5.74, 6) is -1.06. The van der Waals surface area contributed by atoms with Gasteiger partial charge < -0.3 is 20.4 Å². The van der Waals surface area contributed by atoms with Gasteiger partial charge in [-0.05, 0) is 6.42 Å². The van der Waals surface area contributed by atoms with Crippen molar-refractivity contribution in [3.8, 4) is 0 Å². The molecule has 1 atom stereocenters. The molecule has 82 valence electrons. The number of rotatable bonds is 5. The minimum absolute atomic E-state index is 0.145. The number of likely N-dealkylation sites (N-methyl/N-ethyl adjacent to an activating group) is 1. The van der Waals surface area contributed by atoms with Gasteiger partial charge in [-0.15, -0.1) is 0 Å². The fourth-order valence-corrected chi connectivity index (χ4v) is 0.849. The van der Waals surface area contributed by atoms with Crippen molar-refractivity contribution in [2.24, 2.45) is 0 Å². The first-order valence-corrected chi connectivity index (χ1v) is 4.38. The molecular formula is C8H16N2O4. The normalized spacial score (nSPS) is 11.9. The predicted molar refractivity (Wildman–Crippen MR) is 50.0 cm³/mol. The third-order valence-corrected chi connectivity index (χ3v) is 1.79. The van der Waals surface area contributed by atoms with Gasteiger partial charge >= 0.3 is 12.0 Å². The minimum atomic E-state index is -1.06.